The molecule has 0 aliphatic carbocycles. The maximum atomic E-state index is 5.81. The molecule has 2 heterocycles. The summed E-state index contributed by atoms with van der Waals surface area (Å²) in [5.74, 6) is 1.37. The minimum absolute atomic E-state index is 0.180. The van der Waals surface area contributed by atoms with Gasteiger partial charge in [0.2, 0.25) is 0 Å². The highest BCUT2D eigenvalue weighted by molar-refractivity contribution is 9.10. The third-order valence-electron chi connectivity index (χ3n) is 3.37. The van der Waals surface area contributed by atoms with Crippen molar-refractivity contribution in [3.8, 4) is 11.3 Å². The summed E-state index contributed by atoms with van der Waals surface area (Å²) < 4.78 is 6.81. The van der Waals surface area contributed by atoms with E-state index in [0.717, 1.165) is 21.4 Å². The van der Waals surface area contributed by atoms with Crippen LogP contribution in [0.5, 0.6) is 0 Å². The van der Waals surface area contributed by atoms with Crippen molar-refractivity contribution < 1.29 is 4.42 Å². The number of benzene rings is 1. The SMILES string of the molecule is NC(=S)N(Cc1cccnc1)N=Cc1ccc(-c2cccc(Br)c2)o1. The second-order valence-corrected chi connectivity index (χ2v) is 6.55. The summed E-state index contributed by atoms with van der Waals surface area (Å²) in [4.78, 5) is 4.07. The Hall–Kier alpha value is -2.51. The normalized spacial score (nSPS) is 10.9. The van der Waals surface area contributed by atoms with Crippen molar-refractivity contribution in [1.82, 2.24) is 9.99 Å². The molecule has 0 aliphatic heterocycles. The van der Waals surface area contributed by atoms with E-state index in [4.69, 9.17) is 22.4 Å². The van der Waals surface area contributed by atoms with Crippen LogP contribution in [0.4, 0.5) is 0 Å². The molecule has 3 rings (SSSR count). The Kier molecular flexibility index (Phi) is 5.57. The Balaban J connectivity index is 1.75. The molecule has 1 aromatic carbocycles. The van der Waals surface area contributed by atoms with Crippen molar-refractivity contribution >= 4 is 39.5 Å². The first-order valence-corrected chi connectivity index (χ1v) is 8.67. The molecule has 0 unspecified atom stereocenters. The number of hydrazone groups is 1. The van der Waals surface area contributed by atoms with Crippen LogP contribution in [0.3, 0.4) is 0 Å². The summed E-state index contributed by atoms with van der Waals surface area (Å²) in [6.07, 6.45) is 5.06. The summed E-state index contributed by atoms with van der Waals surface area (Å²) in [5, 5.41) is 6.03. The van der Waals surface area contributed by atoms with Gasteiger partial charge in [-0.25, -0.2) is 5.01 Å². The molecule has 25 heavy (non-hydrogen) atoms. The standard InChI is InChI=1S/C18H15BrN4OS/c19-15-5-1-4-14(9-15)17-7-6-16(24-17)11-22-23(18(20)25)12-13-3-2-8-21-10-13/h1-11H,12H2,(H2,20,25). The summed E-state index contributed by atoms with van der Waals surface area (Å²) in [5.41, 5.74) is 7.69. The highest BCUT2D eigenvalue weighted by Gasteiger charge is 2.07. The van der Waals surface area contributed by atoms with Crippen molar-refractivity contribution in [3.63, 3.8) is 0 Å². The number of nitrogens with zero attached hydrogens (tertiary/aromatic N) is 3. The van der Waals surface area contributed by atoms with Crippen LogP contribution in [0.25, 0.3) is 11.3 Å². The van der Waals surface area contributed by atoms with E-state index >= 15 is 0 Å². The van der Waals surface area contributed by atoms with Crippen molar-refractivity contribution in [2.75, 3.05) is 0 Å². The van der Waals surface area contributed by atoms with Gasteiger partial charge in [-0.2, -0.15) is 5.10 Å². The Labute approximate surface area is 159 Å². The van der Waals surface area contributed by atoms with Gasteiger partial charge in [-0.3, -0.25) is 4.98 Å². The smallest absolute Gasteiger partial charge is 0.187 e. The first kappa shape index (κ1) is 17.3. The maximum absolute atomic E-state index is 5.81. The Morgan fingerprint density at radius 1 is 1.28 bits per heavy atom. The van der Waals surface area contributed by atoms with Gasteiger partial charge >= 0.3 is 0 Å². The summed E-state index contributed by atoms with van der Waals surface area (Å²) in [6, 6.07) is 15.4. The zero-order valence-corrected chi connectivity index (χ0v) is 15.6. The second-order valence-electron chi connectivity index (χ2n) is 5.21. The molecule has 0 radical (unpaired) electrons. The molecule has 7 heteroatoms. The van der Waals surface area contributed by atoms with E-state index in [9.17, 15) is 0 Å². The fourth-order valence-corrected chi connectivity index (χ4v) is 2.70. The first-order chi connectivity index (χ1) is 12.1. The maximum Gasteiger partial charge on any atom is 0.187 e. The molecule has 5 nitrogen and oxygen atoms in total. The number of halogens is 1. The van der Waals surface area contributed by atoms with Gasteiger partial charge in [0.15, 0.2) is 5.11 Å². The average Bonchev–Trinajstić information content (AvgIpc) is 3.08. The number of hydrogen-bond donors (Lipinski definition) is 1. The van der Waals surface area contributed by atoms with Crippen molar-refractivity contribution in [1.29, 1.82) is 0 Å². The van der Waals surface area contributed by atoms with Crippen molar-refractivity contribution in [2.24, 2.45) is 10.8 Å². The monoisotopic (exact) mass is 414 g/mol. The predicted molar refractivity (Wildman–Crippen MR) is 106 cm³/mol. The van der Waals surface area contributed by atoms with Crippen molar-refractivity contribution in [3.05, 3.63) is 76.7 Å². The van der Waals surface area contributed by atoms with E-state index in [2.05, 4.69) is 26.0 Å². The van der Waals surface area contributed by atoms with Gasteiger partial charge in [0.05, 0.1) is 12.8 Å². The lowest BCUT2D eigenvalue weighted by Gasteiger charge is -2.16. The molecule has 0 atom stereocenters. The molecule has 3 aromatic rings. The Morgan fingerprint density at radius 3 is 2.88 bits per heavy atom. The van der Waals surface area contributed by atoms with E-state index < -0.39 is 0 Å². The van der Waals surface area contributed by atoms with Crippen LogP contribution < -0.4 is 5.73 Å². The lowest BCUT2D eigenvalue weighted by Crippen LogP contribution is -2.30. The van der Waals surface area contributed by atoms with Crippen LogP contribution in [0.2, 0.25) is 0 Å². The fraction of sp³-hybridized carbons (Fsp3) is 0.0556. The van der Waals surface area contributed by atoms with E-state index in [-0.39, 0.29) is 5.11 Å². The number of thiocarbonyl (C=S) groups is 1. The largest absolute Gasteiger partial charge is 0.455 e. The molecule has 0 bridgehead atoms. The van der Waals surface area contributed by atoms with Crippen LogP contribution in [0.1, 0.15) is 11.3 Å². The van der Waals surface area contributed by atoms with Gasteiger partial charge in [0.25, 0.3) is 0 Å². The minimum atomic E-state index is 0.180. The third-order valence-corrected chi connectivity index (χ3v) is 4.07. The number of furan rings is 1. The van der Waals surface area contributed by atoms with E-state index in [0.29, 0.717) is 12.3 Å². The fourth-order valence-electron chi connectivity index (χ4n) is 2.19. The summed E-state index contributed by atoms with van der Waals surface area (Å²) in [6.45, 7) is 0.443. The van der Waals surface area contributed by atoms with Crippen LogP contribution >= 0.6 is 28.1 Å². The highest BCUT2D eigenvalue weighted by atomic mass is 79.9. The quantitative estimate of drug-likeness (QED) is 0.385. The molecule has 0 saturated heterocycles. The molecular weight excluding hydrogens is 400 g/mol. The van der Waals surface area contributed by atoms with Crippen LogP contribution in [0, 0.1) is 0 Å². The molecule has 2 N–H and O–H groups in total. The summed E-state index contributed by atoms with van der Waals surface area (Å²) >= 11 is 8.52. The predicted octanol–water partition coefficient (Wildman–Crippen LogP) is 4.18. The lowest BCUT2D eigenvalue weighted by atomic mass is 10.2. The molecule has 2 aromatic heterocycles. The van der Waals surface area contributed by atoms with E-state index in [1.807, 2.05) is 48.5 Å². The number of hydrogen-bond acceptors (Lipinski definition) is 4. The Bertz CT molecular complexity index is 895. The summed E-state index contributed by atoms with van der Waals surface area (Å²) in [7, 11) is 0. The first-order valence-electron chi connectivity index (χ1n) is 7.47. The minimum Gasteiger partial charge on any atom is -0.455 e. The second kappa shape index (κ2) is 8.04. The molecule has 126 valence electrons. The topological polar surface area (TPSA) is 67.7 Å². The van der Waals surface area contributed by atoms with Gasteiger partial charge in [-0.1, -0.05) is 34.1 Å². The third kappa shape index (κ3) is 4.74. The number of nitrogens with two attached hydrogens (primary N) is 1. The van der Waals surface area contributed by atoms with Crippen LogP contribution in [-0.2, 0) is 6.54 Å². The molecule has 0 fully saturated rings. The van der Waals surface area contributed by atoms with E-state index in [1.165, 1.54) is 5.01 Å². The highest BCUT2D eigenvalue weighted by Crippen LogP contribution is 2.24. The zero-order valence-electron chi connectivity index (χ0n) is 13.2. The van der Waals surface area contributed by atoms with Gasteiger partial charge < -0.3 is 10.2 Å². The zero-order chi connectivity index (χ0) is 17.6. The van der Waals surface area contributed by atoms with Crippen LogP contribution in [-0.4, -0.2) is 21.3 Å². The number of rotatable bonds is 5. The van der Waals surface area contributed by atoms with Gasteiger partial charge in [-0.05, 0) is 48.1 Å². The Morgan fingerprint density at radius 2 is 2.16 bits per heavy atom. The molecule has 0 spiro atoms. The average molecular weight is 415 g/mol. The van der Waals surface area contributed by atoms with Crippen LogP contribution in [0.15, 0.2) is 74.9 Å². The van der Waals surface area contributed by atoms with E-state index in [1.54, 1.807) is 18.6 Å². The molecule has 0 amide bonds. The van der Waals surface area contributed by atoms with Crippen molar-refractivity contribution in [2.45, 2.75) is 6.54 Å². The molecule has 0 aliphatic rings. The van der Waals surface area contributed by atoms with Gasteiger partial charge in [0, 0.05) is 22.4 Å². The number of pyridine rings is 1. The molecular formula is C18H15BrN4OS. The number of aromatic nitrogens is 1. The van der Waals surface area contributed by atoms with Gasteiger partial charge in [-0.15, -0.1) is 0 Å². The molecule has 0 saturated carbocycles. The van der Waals surface area contributed by atoms with Gasteiger partial charge in [0.1, 0.15) is 11.5 Å². The lowest BCUT2D eigenvalue weighted by molar-refractivity contribution is 0.442.